The Morgan fingerprint density at radius 3 is 2.96 bits per heavy atom. The molecule has 128 valence electrons. The average Bonchev–Trinajstić information content (AvgIpc) is 3.22. The fourth-order valence-corrected chi connectivity index (χ4v) is 3.04. The van der Waals surface area contributed by atoms with Gasteiger partial charge in [0, 0.05) is 25.2 Å². The van der Waals surface area contributed by atoms with Crippen LogP contribution in [0.25, 0.3) is 0 Å². The lowest BCUT2D eigenvalue weighted by Gasteiger charge is -2.22. The number of carbonyl (C=O) groups is 1. The highest BCUT2D eigenvalue weighted by molar-refractivity contribution is 5.92. The van der Waals surface area contributed by atoms with Gasteiger partial charge in [-0.1, -0.05) is 18.5 Å². The Morgan fingerprint density at radius 1 is 1.42 bits per heavy atom. The van der Waals surface area contributed by atoms with Crippen LogP contribution in [0.2, 0.25) is 0 Å². The van der Waals surface area contributed by atoms with Crippen LogP contribution in [0.15, 0.2) is 27.5 Å². The molecule has 0 aromatic carbocycles. The number of hydrogen-bond acceptors (Lipinski definition) is 5. The number of hydrogen-bond donors (Lipinski definition) is 0. The van der Waals surface area contributed by atoms with Gasteiger partial charge < -0.3 is 9.42 Å². The lowest BCUT2D eigenvalue weighted by molar-refractivity contribution is 0.0721. The quantitative estimate of drug-likeness (QED) is 0.840. The number of nitrogens with zero attached hydrogens (tertiary/aromatic N) is 4. The monoisotopic (exact) mass is 330 g/mol. The predicted molar refractivity (Wildman–Crippen MR) is 87.7 cm³/mol. The number of unbranched alkanes of at least 4 members (excludes halogenated alkanes) is 1. The van der Waals surface area contributed by atoms with E-state index in [-0.39, 0.29) is 17.5 Å². The van der Waals surface area contributed by atoms with Gasteiger partial charge in [-0.25, -0.2) is 4.68 Å². The van der Waals surface area contributed by atoms with Crippen LogP contribution in [0.4, 0.5) is 0 Å². The van der Waals surface area contributed by atoms with E-state index in [2.05, 4.69) is 17.2 Å². The summed E-state index contributed by atoms with van der Waals surface area (Å²) in [6, 6.07) is 4.71. The average molecular weight is 330 g/mol. The Balaban J connectivity index is 1.84. The Labute approximate surface area is 140 Å². The van der Waals surface area contributed by atoms with E-state index in [1.165, 1.54) is 16.8 Å². The van der Waals surface area contributed by atoms with E-state index in [9.17, 15) is 9.59 Å². The highest BCUT2D eigenvalue weighted by atomic mass is 16.5. The van der Waals surface area contributed by atoms with E-state index in [1.807, 2.05) is 13.0 Å². The molecule has 1 fully saturated rings. The van der Waals surface area contributed by atoms with Gasteiger partial charge in [0.1, 0.15) is 17.1 Å². The second kappa shape index (κ2) is 6.98. The molecule has 0 saturated carbocycles. The van der Waals surface area contributed by atoms with Crippen LogP contribution in [0.1, 0.15) is 60.6 Å². The number of aryl methyl sites for hydroxylation is 2. The standard InChI is InChI=1S/C17H22N4O3/c1-3-4-10-21-16(22)8-7-13(18-21)17(23)20-9-5-6-15(20)14-11-12(2)24-19-14/h7-8,11,15H,3-6,9-10H2,1-2H3. The summed E-state index contributed by atoms with van der Waals surface area (Å²) in [6.07, 6.45) is 3.59. The molecule has 1 amide bonds. The van der Waals surface area contributed by atoms with Crippen LogP contribution in [-0.2, 0) is 6.54 Å². The van der Waals surface area contributed by atoms with Gasteiger partial charge in [-0.15, -0.1) is 0 Å². The summed E-state index contributed by atoms with van der Waals surface area (Å²) in [5.41, 5.74) is 0.903. The van der Waals surface area contributed by atoms with E-state index in [0.717, 1.165) is 37.1 Å². The Kier molecular flexibility index (Phi) is 4.78. The summed E-state index contributed by atoms with van der Waals surface area (Å²) >= 11 is 0. The minimum absolute atomic E-state index is 0.0900. The largest absolute Gasteiger partial charge is 0.361 e. The van der Waals surface area contributed by atoms with E-state index < -0.39 is 0 Å². The van der Waals surface area contributed by atoms with Crippen molar-refractivity contribution in [1.29, 1.82) is 0 Å². The minimum Gasteiger partial charge on any atom is -0.361 e. The van der Waals surface area contributed by atoms with Crippen molar-refractivity contribution in [2.45, 2.75) is 52.1 Å². The number of carbonyl (C=O) groups excluding carboxylic acids is 1. The topological polar surface area (TPSA) is 81.2 Å². The second-order valence-electron chi connectivity index (χ2n) is 6.15. The van der Waals surface area contributed by atoms with Gasteiger partial charge in [0.15, 0.2) is 0 Å². The molecular formula is C17H22N4O3. The molecule has 0 aliphatic carbocycles. The Hall–Kier alpha value is -2.44. The Bertz CT molecular complexity index is 780. The van der Waals surface area contributed by atoms with Crippen LogP contribution in [0, 0.1) is 6.92 Å². The van der Waals surface area contributed by atoms with Gasteiger partial charge in [0.2, 0.25) is 0 Å². The zero-order chi connectivity index (χ0) is 17.1. The van der Waals surface area contributed by atoms with Gasteiger partial charge in [-0.3, -0.25) is 9.59 Å². The van der Waals surface area contributed by atoms with Crippen molar-refractivity contribution >= 4 is 5.91 Å². The zero-order valence-corrected chi connectivity index (χ0v) is 14.1. The molecular weight excluding hydrogens is 308 g/mol. The number of likely N-dealkylation sites (tertiary alicyclic amines) is 1. The maximum absolute atomic E-state index is 12.9. The first-order valence-electron chi connectivity index (χ1n) is 8.42. The van der Waals surface area contributed by atoms with Crippen molar-refractivity contribution in [3.8, 4) is 0 Å². The van der Waals surface area contributed by atoms with Crippen LogP contribution in [-0.4, -0.2) is 32.3 Å². The molecule has 1 aliphatic rings. The molecule has 0 radical (unpaired) electrons. The molecule has 1 aliphatic heterocycles. The fraction of sp³-hybridized carbons (Fsp3) is 0.529. The summed E-state index contributed by atoms with van der Waals surface area (Å²) in [6.45, 7) is 5.07. The van der Waals surface area contributed by atoms with Gasteiger partial charge >= 0.3 is 0 Å². The second-order valence-corrected chi connectivity index (χ2v) is 6.15. The zero-order valence-electron chi connectivity index (χ0n) is 14.1. The molecule has 2 aromatic rings. The molecule has 2 aromatic heterocycles. The molecule has 1 saturated heterocycles. The van der Waals surface area contributed by atoms with Crippen LogP contribution in [0.3, 0.4) is 0 Å². The first-order chi connectivity index (χ1) is 11.6. The lowest BCUT2D eigenvalue weighted by atomic mass is 10.1. The third-order valence-electron chi connectivity index (χ3n) is 4.31. The van der Waals surface area contributed by atoms with Crippen LogP contribution in [0.5, 0.6) is 0 Å². The van der Waals surface area contributed by atoms with E-state index in [1.54, 1.807) is 4.90 Å². The third-order valence-corrected chi connectivity index (χ3v) is 4.31. The van der Waals surface area contributed by atoms with Gasteiger partial charge in [0.05, 0.1) is 6.04 Å². The molecule has 1 unspecified atom stereocenters. The summed E-state index contributed by atoms with van der Waals surface area (Å²) in [5, 5.41) is 8.31. The highest BCUT2D eigenvalue weighted by Crippen LogP contribution is 2.32. The molecule has 3 rings (SSSR count). The van der Waals surface area contributed by atoms with E-state index in [4.69, 9.17) is 4.52 Å². The molecule has 7 heteroatoms. The highest BCUT2D eigenvalue weighted by Gasteiger charge is 2.33. The summed E-state index contributed by atoms with van der Waals surface area (Å²) in [5.74, 6) is 0.568. The van der Waals surface area contributed by atoms with E-state index in [0.29, 0.717) is 18.8 Å². The minimum atomic E-state index is -0.176. The van der Waals surface area contributed by atoms with Crippen molar-refractivity contribution in [2.24, 2.45) is 0 Å². The molecule has 0 spiro atoms. The molecule has 0 N–H and O–H groups in total. The summed E-state index contributed by atoms with van der Waals surface area (Å²) in [7, 11) is 0. The van der Waals surface area contributed by atoms with Gasteiger partial charge in [-0.2, -0.15) is 5.10 Å². The molecule has 7 nitrogen and oxygen atoms in total. The maximum Gasteiger partial charge on any atom is 0.274 e. The fourth-order valence-electron chi connectivity index (χ4n) is 3.04. The van der Waals surface area contributed by atoms with Crippen LogP contribution < -0.4 is 5.56 Å². The van der Waals surface area contributed by atoms with Crippen LogP contribution >= 0.6 is 0 Å². The summed E-state index contributed by atoms with van der Waals surface area (Å²) in [4.78, 5) is 26.5. The number of aromatic nitrogens is 3. The SMILES string of the molecule is CCCCn1nc(C(=O)N2CCCC2c2cc(C)on2)ccc1=O. The number of rotatable bonds is 5. The van der Waals surface area contributed by atoms with Gasteiger partial charge in [-0.05, 0) is 32.3 Å². The lowest BCUT2D eigenvalue weighted by Crippen LogP contribution is -2.33. The van der Waals surface area contributed by atoms with Crippen molar-refractivity contribution in [2.75, 3.05) is 6.54 Å². The summed E-state index contributed by atoms with van der Waals surface area (Å²) < 4.78 is 6.52. The third kappa shape index (κ3) is 3.25. The first-order valence-corrected chi connectivity index (χ1v) is 8.42. The predicted octanol–water partition coefficient (Wildman–Crippen LogP) is 2.32. The first kappa shape index (κ1) is 16.4. The van der Waals surface area contributed by atoms with Crippen molar-refractivity contribution in [3.63, 3.8) is 0 Å². The van der Waals surface area contributed by atoms with Crippen molar-refractivity contribution in [3.05, 3.63) is 45.7 Å². The normalized spacial score (nSPS) is 17.4. The number of amides is 1. The maximum atomic E-state index is 12.9. The molecule has 0 bridgehead atoms. The van der Waals surface area contributed by atoms with Crippen molar-refractivity contribution < 1.29 is 9.32 Å². The molecule has 1 atom stereocenters. The molecule has 24 heavy (non-hydrogen) atoms. The smallest absolute Gasteiger partial charge is 0.274 e. The van der Waals surface area contributed by atoms with E-state index >= 15 is 0 Å². The van der Waals surface area contributed by atoms with Gasteiger partial charge in [0.25, 0.3) is 11.5 Å². The van der Waals surface area contributed by atoms with Crippen molar-refractivity contribution in [1.82, 2.24) is 19.8 Å². The molecule has 3 heterocycles. The Morgan fingerprint density at radius 2 is 2.25 bits per heavy atom.